The molecule has 1 atom stereocenters. The Morgan fingerprint density at radius 3 is 2.15 bits per heavy atom. The second kappa shape index (κ2) is 6.35. The first-order valence-electron chi connectivity index (χ1n) is 6.59. The lowest BCUT2D eigenvalue weighted by Crippen LogP contribution is -2.43. The molecule has 0 saturated heterocycles. The Morgan fingerprint density at radius 1 is 1.05 bits per heavy atom. The summed E-state index contributed by atoms with van der Waals surface area (Å²) in [7, 11) is 1.45. The number of amides is 1. The quantitative estimate of drug-likeness (QED) is 0.848. The molecule has 3 heteroatoms. The maximum Gasteiger partial charge on any atom is 0.254 e. The van der Waals surface area contributed by atoms with E-state index in [4.69, 9.17) is 4.84 Å². The van der Waals surface area contributed by atoms with E-state index in [0.29, 0.717) is 6.42 Å². The van der Waals surface area contributed by atoms with Crippen LogP contribution in [-0.2, 0) is 21.5 Å². The molecule has 0 radical (unpaired) electrons. The van der Waals surface area contributed by atoms with Crippen LogP contribution in [0.2, 0.25) is 0 Å². The fourth-order valence-electron chi connectivity index (χ4n) is 2.33. The van der Waals surface area contributed by atoms with Gasteiger partial charge in [-0.05, 0) is 24.5 Å². The summed E-state index contributed by atoms with van der Waals surface area (Å²) in [6.07, 6.45) is 0.618. The summed E-state index contributed by atoms with van der Waals surface area (Å²) in [5.41, 5.74) is 3.88. The number of hydrogen-bond donors (Lipinski definition) is 1. The van der Waals surface area contributed by atoms with Crippen molar-refractivity contribution in [2.75, 3.05) is 7.11 Å². The van der Waals surface area contributed by atoms with Gasteiger partial charge in [-0.25, -0.2) is 5.48 Å². The molecule has 0 fully saturated rings. The van der Waals surface area contributed by atoms with E-state index in [-0.39, 0.29) is 5.91 Å². The smallest absolute Gasteiger partial charge is 0.254 e. The molecule has 2 aromatic rings. The highest BCUT2D eigenvalue weighted by Crippen LogP contribution is 2.28. The summed E-state index contributed by atoms with van der Waals surface area (Å²) in [5, 5.41) is 0. The molecule has 1 unspecified atom stereocenters. The lowest BCUT2D eigenvalue weighted by Gasteiger charge is -2.28. The maximum atomic E-state index is 12.4. The van der Waals surface area contributed by atoms with Crippen LogP contribution in [-0.4, -0.2) is 13.0 Å². The fourth-order valence-corrected chi connectivity index (χ4v) is 2.33. The van der Waals surface area contributed by atoms with Gasteiger partial charge in [0.15, 0.2) is 0 Å². The molecule has 0 aliphatic carbocycles. The molecular formula is C17H19NO2. The summed E-state index contributed by atoms with van der Waals surface area (Å²) in [6.45, 7) is 1.93. The molecule has 2 aromatic carbocycles. The van der Waals surface area contributed by atoms with E-state index >= 15 is 0 Å². The van der Waals surface area contributed by atoms with Crippen molar-refractivity contribution < 1.29 is 9.63 Å². The zero-order valence-corrected chi connectivity index (χ0v) is 11.8. The van der Waals surface area contributed by atoms with Crippen LogP contribution in [0.3, 0.4) is 0 Å². The van der Waals surface area contributed by atoms with Crippen molar-refractivity contribution in [1.29, 1.82) is 0 Å². The number of rotatable bonds is 5. The average Bonchev–Trinajstić information content (AvgIpc) is 2.49. The van der Waals surface area contributed by atoms with E-state index in [1.807, 2.05) is 67.6 Å². The van der Waals surface area contributed by atoms with Gasteiger partial charge in [-0.15, -0.1) is 0 Å². The van der Waals surface area contributed by atoms with E-state index in [1.165, 1.54) is 7.11 Å². The van der Waals surface area contributed by atoms with Crippen LogP contribution in [0.15, 0.2) is 60.7 Å². The molecule has 1 N–H and O–H groups in total. The minimum atomic E-state index is -0.668. The molecule has 0 aliphatic rings. The van der Waals surface area contributed by atoms with Gasteiger partial charge < -0.3 is 0 Å². The first-order chi connectivity index (χ1) is 9.66. The molecule has 0 aliphatic heterocycles. The van der Waals surface area contributed by atoms with Gasteiger partial charge in [0.05, 0.1) is 12.5 Å². The summed E-state index contributed by atoms with van der Waals surface area (Å²) >= 11 is 0. The molecule has 2 rings (SSSR count). The van der Waals surface area contributed by atoms with E-state index in [1.54, 1.807) is 0 Å². The fraction of sp³-hybridized carbons (Fsp3) is 0.235. The number of carbonyl (C=O) groups is 1. The zero-order chi connectivity index (χ0) is 14.4. The van der Waals surface area contributed by atoms with E-state index in [0.717, 1.165) is 11.1 Å². The van der Waals surface area contributed by atoms with Gasteiger partial charge in [0.25, 0.3) is 5.91 Å². The molecule has 104 valence electrons. The summed E-state index contributed by atoms with van der Waals surface area (Å²) < 4.78 is 0. The Morgan fingerprint density at radius 2 is 1.60 bits per heavy atom. The van der Waals surface area contributed by atoms with Crippen molar-refractivity contribution in [2.45, 2.75) is 18.8 Å². The third kappa shape index (κ3) is 3.06. The van der Waals surface area contributed by atoms with E-state index < -0.39 is 5.41 Å². The Hall–Kier alpha value is -2.13. The number of hydroxylamine groups is 1. The molecule has 1 amide bonds. The Labute approximate surface area is 119 Å². The van der Waals surface area contributed by atoms with Crippen molar-refractivity contribution in [3.05, 3.63) is 71.8 Å². The lowest BCUT2D eigenvalue weighted by atomic mass is 9.76. The third-order valence-electron chi connectivity index (χ3n) is 3.51. The Kier molecular flexibility index (Phi) is 4.53. The SMILES string of the molecule is CONC(=O)C(C)(Cc1ccccc1)c1ccccc1. The van der Waals surface area contributed by atoms with Crippen LogP contribution in [0.1, 0.15) is 18.1 Å². The minimum absolute atomic E-state index is 0.143. The Bertz CT molecular complexity index is 554. The van der Waals surface area contributed by atoms with E-state index in [9.17, 15) is 4.79 Å². The van der Waals surface area contributed by atoms with Gasteiger partial charge in [0.2, 0.25) is 0 Å². The molecule has 3 nitrogen and oxygen atoms in total. The van der Waals surface area contributed by atoms with Crippen LogP contribution < -0.4 is 5.48 Å². The van der Waals surface area contributed by atoms with Crippen molar-refractivity contribution in [3.63, 3.8) is 0 Å². The molecule has 0 heterocycles. The van der Waals surface area contributed by atoms with Crippen LogP contribution in [0.25, 0.3) is 0 Å². The summed E-state index contributed by atoms with van der Waals surface area (Å²) in [5.74, 6) is -0.143. The zero-order valence-electron chi connectivity index (χ0n) is 11.8. The molecular weight excluding hydrogens is 250 g/mol. The molecule has 0 saturated carbocycles. The first-order valence-corrected chi connectivity index (χ1v) is 6.59. The van der Waals surface area contributed by atoms with Gasteiger partial charge in [0.1, 0.15) is 0 Å². The predicted octanol–water partition coefficient (Wildman–Crippen LogP) is 2.86. The van der Waals surface area contributed by atoms with Crippen molar-refractivity contribution in [1.82, 2.24) is 5.48 Å². The highest BCUT2D eigenvalue weighted by atomic mass is 16.6. The largest absolute Gasteiger partial charge is 0.277 e. The van der Waals surface area contributed by atoms with Crippen LogP contribution in [0, 0.1) is 0 Å². The standard InChI is InChI=1S/C17H19NO2/c1-17(16(19)18-20-2,15-11-7-4-8-12-15)13-14-9-5-3-6-10-14/h3-12H,13H2,1-2H3,(H,18,19). The highest BCUT2D eigenvalue weighted by molar-refractivity contribution is 5.87. The summed E-state index contributed by atoms with van der Waals surface area (Å²) in [6, 6.07) is 19.8. The molecule has 0 bridgehead atoms. The van der Waals surface area contributed by atoms with Crippen LogP contribution in [0.4, 0.5) is 0 Å². The van der Waals surface area contributed by atoms with Gasteiger partial charge in [-0.1, -0.05) is 60.7 Å². The average molecular weight is 269 g/mol. The van der Waals surface area contributed by atoms with E-state index in [2.05, 4.69) is 5.48 Å². The maximum absolute atomic E-state index is 12.4. The normalized spacial score (nSPS) is 13.5. The number of benzene rings is 2. The summed E-state index contributed by atoms with van der Waals surface area (Å²) in [4.78, 5) is 17.2. The van der Waals surface area contributed by atoms with Crippen molar-refractivity contribution in [3.8, 4) is 0 Å². The second-order valence-electron chi connectivity index (χ2n) is 5.00. The molecule has 20 heavy (non-hydrogen) atoms. The van der Waals surface area contributed by atoms with Crippen LogP contribution in [0.5, 0.6) is 0 Å². The third-order valence-corrected chi connectivity index (χ3v) is 3.51. The van der Waals surface area contributed by atoms with Gasteiger partial charge >= 0.3 is 0 Å². The van der Waals surface area contributed by atoms with Gasteiger partial charge in [0, 0.05) is 0 Å². The Balaban J connectivity index is 2.36. The number of nitrogens with one attached hydrogen (secondary N) is 1. The lowest BCUT2D eigenvalue weighted by molar-refractivity contribution is -0.136. The van der Waals surface area contributed by atoms with Crippen molar-refractivity contribution >= 4 is 5.91 Å². The molecule has 0 aromatic heterocycles. The predicted molar refractivity (Wildman–Crippen MR) is 79.1 cm³/mol. The monoisotopic (exact) mass is 269 g/mol. The molecule has 0 spiro atoms. The topological polar surface area (TPSA) is 38.3 Å². The first kappa shape index (κ1) is 14.3. The highest BCUT2D eigenvalue weighted by Gasteiger charge is 2.35. The minimum Gasteiger partial charge on any atom is -0.277 e. The van der Waals surface area contributed by atoms with Crippen LogP contribution >= 0.6 is 0 Å². The number of carbonyl (C=O) groups excluding carboxylic acids is 1. The van der Waals surface area contributed by atoms with Crippen molar-refractivity contribution in [2.24, 2.45) is 0 Å². The number of hydrogen-bond acceptors (Lipinski definition) is 2. The second-order valence-corrected chi connectivity index (χ2v) is 5.00. The van der Waals surface area contributed by atoms with Gasteiger partial charge in [-0.3, -0.25) is 9.63 Å². The van der Waals surface area contributed by atoms with Gasteiger partial charge in [-0.2, -0.15) is 0 Å².